The molecule has 2 unspecified atom stereocenters. The predicted molar refractivity (Wildman–Crippen MR) is 83.8 cm³/mol. The Hall–Kier alpha value is -1.85. The van der Waals surface area contributed by atoms with Gasteiger partial charge in [0.1, 0.15) is 5.75 Å². The fraction of sp³-hybridized carbons (Fsp3) is 0.471. The van der Waals surface area contributed by atoms with E-state index in [4.69, 9.17) is 9.84 Å². The third kappa shape index (κ3) is 5.87. The second-order valence-electron chi connectivity index (χ2n) is 5.12. The van der Waals surface area contributed by atoms with Crippen molar-refractivity contribution in [2.75, 3.05) is 13.7 Å². The Kier molecular flexibility index (Phi) is 8.25. The van der Waals surface area contributed by atoms with Crippen molar-refractivity contribution in [2.45, 2.75) is 31.8 Å². The Bertz CT molecular complexity index is 484. The summed E-state index contributed by atoms with van der Waals surface area (Å²) >= 11 is 0. The second-order valence-corrected chi connectivity index (χ2v) is 5.12. The number of unbranched alkanes of at least 4 members (excludes halogenated alkanes) is 1. The van der Waals surface area contributed by atoms with Crippen molar-refractivity contribution in [1.82, 2.24) is 0 Å². The molecule has 22 heavy (non-hydrogen) atoms. The number of hydrogen-bond acceptors (Lipinski definition) is 4. The lowest BCUT2D eigenvalue weighted by Gasteiger charge is -2.21. The van der Waals surface area contributed by atoms with Crippen molar-refractivity contribution in [3.05, 3.63) is 42.0 Å². The average molecular weight is 308 g/mol. The lowest BCUT2D eigenvalue weighted by Crippen LogP contribution is -2.16. The zero-order valence-corrected chi connectivity index (χ0v) is 12.8. The van der Waals surface area contributed by atoms with Gasteiger partial charge >= 0.3 is 5.97 Å². The van der Waals surface area contributed by atoms with Gasteiger partial charge in [0.05, 0.1) is 13.2 Å². The Morgan fingerprint density at radius 2 is 2.05 bits per heavy atom. The van der Waals surface area contributed by atoms with Gasteiger partial charge in [0, 0.05) is 24.5 Å². The van der Waals surface area contributed by atoms with Gasteiger partial charge in [-0.3, -0.25) is 4.79 Å². The number of methoxy groups -OCH3 is 1. The molecule has 1 aromatic carbocycles. The number of ether oxygens (including phenoxy) is 1. The molecule has 0 spiro atoms. The molecule has 0 aliphatic rings. The summed E-state index contributed by atoms with van der Waals surface area (Å²) in [7, 11) is 1.54. The number of aliphatic carboxylic acids is 1. The lowest BCUT2D eigenvalue weighted by atomic mass is 9.92. The maximum absolute atomic E-state index is 10.4. The molecule has 0 saturated heterocycles. The zero-order valence-electron chi connectivity index (χ0n) is 12.8. The van der Waals surface area contributed by atoms with Crippen molar-refractivity contribution in [3.8, 4) is 5.75 Å². The van der Waals surface area contributed by atoms with Crippen molar-refractivity contribution in [1.29, 1.82) is 0 Å². The molecule has 0 aromatic heterocycles. The molecular formula is C17H24O5. The summed E-state index contributed by atoms with van der Waals surface area (Å²) in [5.74, 6) is -0.529. The SMILES string of the molecule is COc1ccccc1C(O)C(CO)CC=CCCCC(=O)O. The standard InChI is InChI=1S/C17H24O5/c1-22-15-10-7-6-9-14(15)17(21)13(12-18)8-4-2-3-5-11-16(19)20/h2,4,6-7,9-10,13,17-18,21H,3,5,8,11-12H2,1H3,(H,19,20). The fourth-order valence-electron chi connectivity index (χ4n) is 2.23. The molecule has 5 nitrogen and oxygen atoms in total. The van der Waals surface area contributed by atoms with Crippen LogP contribution in [0.4, 0.5) is 0 Å². The molecule has 0 fully saturated rings. The number of rotatable bonds is 10. The number of aliphatic hydroxyl groups is 2. The van der Waals surface area contributed by atoms with Crippen LogP contribution in [-0.4, -0.2) is 35.0 Å². The highest BCUT2D eigenvalue weighted by atomic mass is 16.5. The average Bonchev–Trinajstić information content (AvgIpc) is 2.53. The van der Waals surface area contributed by atoms with Crippen molar-refractivity contribution < 1.29 is 24.9 Å². The normalized spacial score (nSPS) is 14.0. The van der Waals surface area contributed by atoms with Crippen molar-refractivity contribution in [3.63, 3.8) is 0 Å². The number of benzene rings is 1. The summed E-state index contributed by atoms with van der Waals surface area (Å²) in [4.78, 5) is 10.4. The van der Waals surface area contributed by atoms with E-state index in [-0.39, 0.29) is 18.9 Å². The maximum atomic E-state index is 10.4. The van der Waals surface area contributed by atoms with Crippen LogP contribution in [0.5, 0.6) is 5.75 Å². The Morgan fingerprint density at radius 3 is 2.68 bits per heavy atom. The van der Waals surface area contributed by atoms with Crippen LogP contribution in [0.15, 0.2) is 36.4 Å². The minimum Gasteiger partial charge on any atom is -0.496 e. The fourth-order valence-corrected chi connectivity index (χ4v) is 2.23. The van der Waals surface area contributed by atoms with Gasteiger partial charge in [0.25, 0.3) is 0 Å². The van der Waals surface area contributed by atoms with E-state index in [1.165, 1.54) is 0 Å². The molecule has 2 atom stereocenters. The Morgan fingerprint density at radius 1 is 1.32 bits per heavy atom. The molecular weight excluding hydrogens is 284 g/mol. The molecule has 0 bridgehead atoms. The van der Waals surface area contributed by atoms with E-state index >= 15 is 0 Å². The molecule has 0 aliphatic heterocycles. The van der Waals surface area contributed by atoms with Crippen LogP contribution in [0, 0.1) is 5.92 Å². The van der Waals surface area contributed by atoms with Crippen LogP contribution < -0.4 is 4.74 Å². The van der Waals surface area contributed by atoms with Gasteiger partial charge in [-0.2, -0.15) is 0 Å². The minimum absolute atomic E-state index is 0.140. The minimum atomic E-state index is -0.815. The second kappa shape index (κ2) is 9.97. The highest BCUT2D eigenvalue weighted by Crippen LogP contribution is 2.31. The highest BCUT2D eigenvalue weighted by Gasteiger charge is 2.21. The number of hydrogen-bond donors (Lipinski definition) is 3. The smallest absolute Gasteiger partial charge is 0.303 e. The molecule has 0 saturated carbocycles. The first-order valence-electron chi connectivity index (χ1n) is 7.38. The molecule has 0 aliphatic carbocycles. The van der Waals surface area contributed by atoms with Crippen LogP contribution >= 0.6 is 0 Å². The third-order valence-corrected chi connectivity index (χ3v) is 3.51. The number of carboxylic acids is 1. The summed E-state index contributed by atoms with van der Waals surface area (Å²) < 4.78 is 5.23. The quantitative estimate of drug-likeness (QED) is 0.457. The number of carboxylic acid groups (broad SMARTS) is 1. The van der Waals surface area contributed by atoms with E-state index in [0.717, 1.165) is 0 Å². The summed E-state index contributed by atoms with van der Waals surface area (Å²) in [6, 6.07) is 7.19. The van der Waals surface area contributed by atoms with Crippen molar-refractivity contribution >= 4 is 5.97 Å². The van der Waals surface area contributed by atoms with Crippen LogP contribution in [0.3, 0.4) is 0 Å². The zero-order chi connectivity index (χ0) is 16.4. The maximum Gasteiger partial charge on any atom is 0.303 e. The molecule has 0 amide bonds. The van der Waals surface area contributed by atoms with Crippen molar-refractivity contribution in [2.24, 2.45) is 5.92 Å². The molecule has 122 valence electrons. The first kappa shape index (κ1) is 18.2. The monoisotopic (exact) mass is 308 g/mol. The van der Waals surface area contributed by atoms with Crippen LogP contribution in [0.2, 0.25) is 0 Å². The summed E-state index contributed by atoms with van der Waals surface area (Å²) in [5.41, 5.74) is 0.656. The van der Waals surface area contributed by atoms with Gasteiger partial charge in [0.15, 0.2) is 0 Å². The number of aliphatic hydroxyl groups excluding tert-OH is 2. The van der Waals surface area contributed by atoms with Gasteiger partial charge in [0.2, 0.25) is 0 Å². The predicted octanol–water partition coefficient (Wildman–Crippen LogP) is 2.54. The van der Waals surface area contributed by atoms with Crippen LogP contribution in [0.25, 0.3) is 0 Å². The van der Waals surface area contributed by atoms with E-state index in [0.29, 0.717) is 30.6 Å². The molecule has 0 radical (unpaired) electrons. The lowest BCUT2D eigenvalue weighted by molar-refractivity contribution is -0.137. The summed E-state index contributed by atoms with van der Waals surface area (Å²) in [5, 5.41) is 28.4. The third-order valence-electron chi connectivity index (χ3n) is 3.51. The summed E-state index contributed by atoms with van der Waals surface area (Å²) in [6.07, 6.45) is 4.88. The first-order valence-corrected chi connectivity index (χ1v) is 7.38. The molecule has 1 rings (SSSR count). The van der Waals surface area contributed by atoms with Gasteiger partial charge in [-0.15, -0.1) is 0 Å². The van der Waals surface area contributed by atoms with Gasteiger partial charge in [-0.25, -0.2) is 0 Å². The van der Waals surface area contributed by atoms with E-state index < -0.39 is 12.1 Å². The van der Waals surface area contributed by atoms with Gasteiger partial charge in [-0.05, 0) is 25.3 Å². The van der Waals surface area contributed by atoms with E-state index in [1.807, 2.05) is 24.3 Å². The molecule has 1 aromatic rings. The van der Waals surface area contributed by atoms with Crippen LogP contribution in [-0.2, 0) is 4.79 Å². The topological polar surface area (TPSA) is 87.0 Å². The van der Waals surface area contributed by atoms with E-state index in [9.17, 15) is 15.0 Å². The van der Waals surface area contributed by atoms with Crippen LogP contribution in [0.1, 0.15) is 37.4 Å². The van der Waals surface area contributed by atoms with E-state index in [2.05, 4.69) is 0 Å². The highest BCUT2D eigenvalue weighted by molar-refractivity contribution is 5.66. The molecule has 5 heteroatoms. The van der Waals surface area contributed by atoms with Gasteiger partial charge in [-0.1, -0.05) is 30.4 Å². The summed E-state index contributed by atoms with van der Waals surface area (Å²) in [6.45, 7) is -0.140. The molecule has 0 heterocycles. The number of carbonyl (C=O) groups is 1. The van der Waals surface area contributed by atoms with Gasteiger partial charge < -0.3 is 20.1 Å². The Labute approximate surface area is 130 Å². The Balaban J connectivity index is 2.56. The molecule has 3 N–H and O–H groups in total. The number of para-hydroxylation sites is 1. The van der Waals surface area contributed by atoms with E-state index in [1.54, 1.807) is 19.2 Å². The first-order chi connectivity index (χ1) is 10.6. The largest absolute Gasteiger partial charge is 0.496 e. The number of allylic oxidation sites excluding steroid dienone is 2.